The second-order valence-electron chi connectivity index (χ2n) is 5.82. The minimum absolute atomic E-state index is 0.0167. The van der Waals surface area contributed by atoms with Crippen molar-refractivity contribution in [2.75, 3.05) is 5.43 Å². The van der Waals surface area contributed by atoms with Crippen molar-refractivity contribution in [3.8, 4) is 5.69 Å². The van der Waals surface area contributed by atoms with E-state index in [4.69, 9.17) is 0 Å². The highest BCUT2D eigenvalue weighted by molar-refractivity contribution is 6.47. The zero-order chi connectivity index (χ0) is 20.1. The van der Waals surface area contributed by atoms with Crippen LogP contribution >= 0.6 is 0 Å². The molecule has 0 bridgehead atoms. The number of nitrogens with zero attached hydrogens (tertiary/aromatic N) is 6. The van der Waals surface area contributed by atoms with Gasteiger partial charge in [0.25, 0.3) is 5.69 Å². The molecule has 0 spiro atoms. The first-order valence-electron chi connectivity index (χ1n) is 8.26. The summed E-state index contributed by atoms with van der Waals surface area (Å²) in [7, 11) is 0. The number of hydrogen-bond acceptors (Lipinski definition) is 8. The maximum atomic E-state index is 10.7. The number of hydrogen-bond donors (Lipinski definition) is 2. The Labute approximate surface area is 160 Å². The van der Waals surface area contributed by atoms with E-state index < -0.39 is 4.92 Å². The predicted molar refractivity (Wildman–Crippen MR) is 104 cm³/mol. The lowest BCUT2D eigenvalue weighted by molar-refractivity contribution is -0.384. The van der Waals surface area contributed by atoms with E-state index in [1.54, 1.807) is 13.8 Å². The van der Waals surface area contributed by atoms with Crippen molar-refractivity contribution in [1.29, 1.82) is 0 Å². The van der Waals surface area contributed by atoms with Crippen LogP contribution < -0.4 is 5.43 Å². The molecule has 0 aliphatic heterocycles. The van der Waals surface area contributed by atoms with Gasteiger partial charge in [-0.1, -0.05) is 23.4 Å². The Morgan fingerprint density at radius 2 is 1.82 bits per heavy atom. The monoisotopic (exact) mass is 379 g/mol. The van der Waals surface area contributed by atoms with Crippen LogP contribution in [0.15, 0.2) is 64.9 Å². The lowest BCUT2D eigenvalue weighted by Gasteiger charge is -2.04. The summed E-state index contributed by atoms with van der Waals surface area (Å²) < 4.78 is 0. The van der Waals surface area contributed by atoms with E-state index in [9.17, 15) is 15.3 Å². The van der Waals surface area contributed by atoms with Crippen LogP contribution in [-0.4, -0.2) is 36.5 Å². The number of nitrogens with one attached hydrogen (secondary N) is 1. The van der Waals surface area contributed by atoms with E-state index >= 15 is 0 Å². The third-order valence-electron chi connectivity index (χ3n) is 3.87. The molecular formula is C18H17N7O3. The first-order chi connectivity index (χ1) is 13.5. The van der Waals surface area contributed by atoms with Crippen LogP contribution in [0.25, 0.3) is 5.69 Å². The lowest BCUT2D eigenvalue weighted by Crippen LogP contribution is -2.16. The highest BCUT2D eigenvalue weighted by Gasteiger charge is 2.18. The first kappa shape index (κ1) is 18.7. The summed E-state index contributed by atoms with van der Waals surface area (Å²) in [5.74, 6) is 0. The third-order valence-corrected chi connectivity index (χ3v) is 3.87. The van der Waals surface area contributed by atoms with Gasteiger partial charge in [-0.3, -0.25) is 15.5 Å². The van der Waals surface area contributed by atoms with E-state index in [0.717, 1.165) is 5.69 Å². The molecule has 0 fully saturated rings. The first-order valence-corrected chi connectivity index (χ1v) is 8.26. The summed E-state index contributed by atoms with van der Waals surface area (Å²) in [5.41, 5.74) is 5.56. The summed E-state index contributed by atoms with van der Waals surface area (Å²) in [4.78, 5) is 11.7. The molecule has 0 atom stereocenters. The van der Waals surface area contributed by atoms with Crippen molar-refractivity contribution in [2.24, 2.45) is 10.3 Å². The minimum Gasteiger partial charge on any atom is -0.410 e. The topological polar surface area (TPSA) is 131 Å². The largest absolute Gasteiger partial charge is 0.410 e. The Hall–Kier alpha value is -4.08. The molecule has 2 aromatic carbocycles. The van der Waals surface area contributed by atoms with E-state index in [-0.39, 0.29) is 11.4 Å². The molecule has 2 N–H and O–H groups in total. The van der Waals surface area contributed by atoms with E-state index in [1.807, 2.05) is 30.3 Å². The molecule has 3 rings (SSSR count). The van der Waals surface area contributed by atoms with E-state index in [0.29, 0.717) is 22.8 Å². The van der Waals surface area contributed by atoms with Gasteiger partial charge in [0.05, 0.1) is 27.7 Å². The van der Waals surface area contributed by atoms with Crippen LogP contribution in [0.3, 0.4) is 0 Å². The van der Waals surface area contributed by atoms with E-state index in [2.05, 4.69) is 25.9 Å². The number of non-ortho nitro benzene ring substituents is 1. The van der Waals surface area contributed by atoms with Crippen molar-refractivity contribution in [3.05, 3.63) is 76.1 Å². The third kappa shape index (κ3) is 4.01. The summed E-state index contributed by atoms with van der Waals surface area (Å²) in [6.45, 7) is 3.40. The minimum atomic E-state index is -0.479. The number of rotatable bonds is 6. The zero-order valence-electron chi connectivity index (χ0n) is 15.1. The maximum Gasteiger partial charge on any atom is 0.269 e. The fourth-order valence-corrected chi connectivity index (χ4v) is 2.42. The van der Waals surface area contributed by atoms with Crippen LogP contribution in [0.5, 0.6) is 0 Å². The van der Waals surface area contributed by atoms with Crippen molar-refractivity contribution in [2.45, 2.75) is 13.8 Å². The maximum absolute atomic E-state index is 10.7. The average molecular weight is 379 g/mol. The van der Waals surface area contributed by atoms with Crippen molar-refractivity contribution >= 4 is 22.8 Å². The standard InChI is InChI=1S/C18H17N7O3/c1-12(19-20-14-8-10-16(11-9-14)25(27)28)18(23-26)17-13(2)21-24(22-17)15-6-4-3-5-7-15/h3-11,20,26H,1-2H3/b19-12+,23-18-. The molecule has 1 heterocycles. The number of anilines is 1. The van der Waals surface area contributed by atoms with Gasteiger partial charge in [-0.2, -0.15) is 15.0 Å². The molecule has 0 aliphatic rings. The summed E-state index contributed by atoms with van der Waals surface area (Å²) >= 11 is 0. The van der Waals surface area contributed by atoms with Crippen molar-refractivity contribution < 1.29 is 10.1 Å². The highest BCUT2D eigenvalue weighted by atomic mass is 16.6. The van der Waals surface area contributed by atoms with E-state index in [1.165, 1.54) is 29.1 Å². The molecule has 0 saturated heterocycles. The van der Waals surface area contributed by atoms with Gasteiger partial charge in [0.15, 0.2) is 5.71 Å². The van der Waals surface area contributed by atoms with Gasteiger partial charge in [0.2, 0.25) is 0 Å². The second-order valence-corrected chi connectivity index (χ2v) is 5.82. The van der Waals surface area contributed by atoms with Gasteiger partial charge < -0.3 is 5.21 Å². The van der Waals surface area contributed by atoms with Crippen LogP contribution in [0.2, 0.25) is 0 Å². The number of oxime groups is 1. The van der Waals surface area contributed by atoms with Gasteiger partial charge in [0.1, 0.15) is 5.69 Å². The molecule has 0 amide bonds. The van der Waals surface area contributed by atoms with Gasteiger partial charge in [-0.25, -0.2) is 0 Å². The number of nitro benzene ring substituents is 1. The predicted octanol–water partition coefficient (Wildman–Crippen LogP) is 3.15. The normalized spacial score (nSPS) is 12.1. The summed E-state index contributed by atoms with van der Waals surface area (Å²) in [5, 5.41) is 36.4. The molecular weight excluding hydrogens is 362 g/mol. The molecule has 28 heavy (non-hydrogen) atoms. The van der Waals surface area contributed by atoms with Crippen LogP contribution in [0.4, 0.5) is 11.4 Å². The number of hydrazone groups is 1. The summed E-state index contributed by atoms with van der Waals surface area (Å²) in [6.07, 6.45) is 0. The van der Waals surface area contributed by atoms with Crippen molar-refractivity contribution in [3.63, 3.8) is 0 Å². The molecule has 142 valence electrons. The number of aromatic nitrogens is 3. The molecule has 1 aromatic heterocycles. The molecule has 0 unspecified atom stereocenters. The Morgan fingerprint density at radius 3 is 2.43 bits per heavy atom. The summed E-state index contributed by atoms with van der Waals surface area (Å²) in [6, 6.07) is 15.1. The average Bonchev–Trinajstić information content (AvgIpc) is 3.09. The Bertz CT molecular complexity index is 1040. The number of benzene rings is 2. The fraction of sp³-hybridized carbons (Fsp3) is 0.111. The Morgan fingerprint density at radius 1 is 1.14 bits per heavy atom. The number of para-hydroxylation sites is 1. The van der Waals surface area contributed by atoms with Crippen LogP contribution in [-0.2, 0) is 0 Å². The molecule has 0 aliphatic carbocycles. The quantitative estimate of drug-likeness (QED) is 0.293. The van der Waals surface area contributed by atoms with Gasteiger partial charge in [-0.05, 0) is 38.1 Å². The van der Waals surface area contributed by atoms with Crippen LogP contribution in [0.1, 0.15) is 18.3 Å². The number of nitro groups is 1. The Balaban J connectivity index is 1.82. The molecule has 0 radical (unpaired) electrons. The smallest absolute Gasteiger partial charge is 0.269 e. The van der Waals surface area contributed by atoms with Crippen molar-refractivity contribution in [1.82, 2.24) is 15.0 Å². The zero-order valence-corrected chi connectivity index (χ0v) is 15.1. The molecule has 3 aromatic rings. The van der Waals surface area contributed by atoms with Gasteiger partial charge in [-0.15, -0.1) is 5.10 Å². The fourth-order valence-electron chi connectivity index (χ4n) is 2.42. The molecule has 0 saturated carbocycles. The Kier molecular flexibility index (Phi) is 5.40. The SMILES string of the molecule is CC(=N\Nc1ccc([N+](=O)[O-])cc1)/C(=N/O)c1nn(-c2ccccc2)nc1C. The molecule has 10 nitrogen and oxygen atoms in total. The van der Waals surface area contributed by atoms with Crippen LogP contribution in [0, 0.1) is 17.0 Å². The van der Waals surface area contributed by atoms with Gasteiger partial charge >= 0.3 is 0 Å². The number of aryl methyl sites for hydroxylation is 1. The second kappa shape index (κ2) is 8.08. The lowest BCUT2D eigenvalue weighted by atomic mass is 10.1. The molecule has 10 heteroatoms. The highest BCUT2D eigenvalue weighted by Crippen LogP contribution is 2.16. The van der Waals surface area contributed by atoms with Gasteiger partial charge in [0, 0.05) is 12.1 Å².